The summed E-state index contributed by atoms with van der Waals surface area (Å²) in [4.78, 5) is 29.1. The Kier molecular flexibility index (Phi) is 24.7. The van der Waals surface area contributed by atoms with E-state index < -0.39 is 305 Å². The van der Waals surface area contributed by atoms with Crippen molar-refractivity contribution in [2.75, 3.05) is 52.9 Å². The van der Waals surface area contributed by atoms with Gasteiger partial charge in [0.05, 0.1) is 71.2 Å². The summed E-state index contributed by atoms with van der Waals surface area (Å²) in [6, 6.07) is -1.43. The van der Waals surface area contributed by atoms with Gasteiger partial charge in [-0.3, -0.25) is 9.59 Å². The van der Waals surface area contributed by atoms with Gasteiger partial charge in [0.2, 0.25) is 12.2 Å². The van der Waals surface area contributed by atoms with Crippen molar-refractivity contribution in [2.45, 2.75) is 309 Å². The molecule has 7 heterocycles. The van der Waals surface area contributed by atoms with Gasteiger partial charge in [0.1, 0.15) is 139 Å². The Morgan fingerprint density at radius 2 is 1.07 bits per heavy atom. The number of esters is 1. The first-order chi connectivity index (χ1) is 50.2. The molecule has 7 saturated heterocycles. The van der Waals surface area contributed by atoms with Crippen LogP contribution >= 0.6 is 0 Å². The lowest BCUT2D eigenvalue weighted by Crippen LogP contribution is -2.73. The maximum atomic E-state index is 15.8. The standard InChI is InChI=1S/C70H113NO36/c1-26(75)71-38-50(104-57-45(85)39(79)29(76)20-94-57)43(83)34(23-97-59-48(88)51(42(82)33(19-73)99-59)105-58-46(86)40(80)30(77)21-95-58)101-56(38)102-37-12-13-66(6)35(65(37,4)5)11-14-67(7)36(66)10-9-27-28-17-64(2,3)15-16-70(28,54(90)53(89)68(27,67)8)63(92)107-61-52(44(84)41(81)32(18-72)100-61)106-60-47(87)49(31(78)22-96-60)103-62-55(91)69(93,24-74)25-98-62/h9,28-62,72-74,76-91,93H,10-25H2,1-8H3,(H,71,75)/t28?,29?,30?,31?,32?,33?,34?,35?,36?,37-,38?,39?,40?,41?,42?,43?,44?,45?,46?,47?,48?,49?,50?,51?,52?,53-,54+,55?,56?,57?,58?,59?,60?,61?,62?,66-,67+,68-,69?,70+/m0/s1. The van der Waals surface area contributed by atoms with E-state index in [0.29, 0.717) is 44.9 Å². The number of aliphatic hydroxyl groups is 20. The lowest BCUT2D eigenvalue weighted by Gasteiger charge is -2.72. The SMILES string of the molecule is CC(=O)NC1C(O[C@H]2CC[C@@]3(C)C(CC[C@]4(C)C3CC=C3C5CC(C)(C)CC[C@]5(C(=O)OC5OC(CO)C(O)C(O)C5OC5OCC(O)C(OC6OCC(O)(CO)C6O)C5O)[C@H](O)[C@H](O)[C@]34C)C2(C)C)OC(COC2OC(CO)C(O)C(OC3OCC(O)C(O)C3O)C2O)C(O)C1OC1OCC(O)C(O)C1O. The molecule has 614 valence electrons. The van der Waals surface area contributed by atoms with E-state index in [4.69, 9.17) is 66.3 Å². The van der Waals surface area contributed by atoms with Gasteiger partial charge in [-0.15, -0.1) is 0 Å². The zero-order valence-corrected chi connectivity index (χ0v) is 61.1. The van der Waals surface area contributed by atoms with E-state index in [1.165, 1.54) is 6.92 Å². The molecule has 4 saturated carbocycles. The summed E-state index contributed by atoms with van der Waals surface area (Å²) in [6.45, 7) is 9.98. The lowest BCUT2D eigenvalue weighted by molar-refractivity contribution is -0.363. The predicted molar refractivity (Wildman–Crippen MR) is 351 cm³/mol. The number of rotatable bonds is 19. The Balaban J connectivity index is 0.799. The van der Waals surface area contributed by atoms with Gasteiger partial charge < -0.3 is 174 Å². The molecule has 0 aromatic carbocycles. The first-order valence-corrected chi connectivity index (χ1v) is 37.1. The molecule has 37 heteroatoms. The Hall–Kier alpha value is -2.64. The highest BCUT2D eigenvalue weighted by atomic mass is 16.8. The molecule has 11 fully saturated rings. The van der Waals surface area contributed by atoms with Crippen LogP contribution in [0.15, 0.2) is 11.6 Å². The normalized spacial score (nSPS) is 53.3. The highest BCUT2D eigenvalue weighted by Crippen LogP contribution is 2.76. The van der Waals surface area contributed by atoms with Crippen molar-refractivity contribution in [2.24, 2.45) is 50.2 Å². The van der Waals surface area contributed by atoms with Gasteiger partial charge in [0.25, 0.3) is 0 Å². The second-order valence-electron chi connectivity index (χ2n) is 34.0. The molecule has 7 aliphatic heterocycles. The molecule has 0 spiro atoms. The summed E-state index contributed by atoms with van der Waals surface area (Å²) in [5, 5.41) is 225. The summed E-state index contributed by atoms with van der Waals surface area (Å²) >= 11 is 0. The number of hydrogen-bond acceptors (Lipinski definition) is 36. The van der Waals surface area contributed by atoms with Gasteiger partial charge in [-0.25, -0.2) is 0 Å². The van der Waals surface area contributed by atoms with Crippen LogP contribution in [0.5, 0.6) is 0 Å². The third-order valence-corrected chi connectivity index (χ3v) is 26.8. The lowest BCUT2D eigenvalue weighted by atomic mass is 9.32. The topological polar surface area (TPSA) is 580 Å². The first kappa shape index (κ1) is 83.8. The van der Waals surface area contributed by atoms with E-state index in [1.54, 1.807) is 0 Å². The van der Waals surface area contributed by atoms with Crippen LogP contribution in [0.4, 0.5) is 0 Å². The summed E-state index contributed by atoms with van der Waals surface area (Å²) in [5.74, 6) is -2.94. The molecule has 1 amide bonds. The number of aliphatic hydroxyl groups excluding tert-OH is 19. The fourth-order valence-corrected chi connectivity index (χ4v) is 20.3. The second-order valence-corrected chi connectivity index (χ2v) is 34.0. The average Bonchev–Trinajstić information content (AvgIpc) is 0.975. The van der Waals surface area contributed by atoms with Crippen molar-refractivity contribution in [3.8, 4) is 0 Å². The number of ether oxygens (including phenoxy) is 14. The molecule has 12 rings (SSSR count). The summed E-state index contributed by atoms with van der Waals surface area (Å²) in [7, 11) is 0. The minimum atomic E-state index is -2.14. The molecule has 0 radical (unpaired) electrons. The van der Waals surface area contributed by atoms with Gasteiger partial charge in [-0.05, 0) is 90.8 Å². The fourth-order valence-electron chi connectivity index (χ4n) is 20.3. The molecule has 5 aliphatic carbocycles. The Morgan fingerprint density at radius 3 is 1.67 bits per heavy atom. The molecule has 107 heavy (non-hydrogen) atoms. The molecule has 40 atom stereocenters. The monoisotopic (exact) mass is 1540 g/mol. The maximum absolute atomic E-state index is 15.8. The Labute approximate surface area is 617 Å². The molecule has 0 aromatic heterocycles. The number of carbonyl (C=O) groups is 2. The third-order valence-electron chi connectivity index (χ3n) is 26.8. The van der Waals surface area contributed by atoms with Gasteiger partial charge in [0.15, 0.2) is 43.8 Å². The van der Waals surface area contributed by atoms with Crippen LogP contribution in [0.1, 0.15) is 107 Å². The van der Waals surface area contributed by atoms with Crippen molar-refractivity contribution in [1.82, 2.24) is 5.32 Å². The largest absolute Gasteiger partial charge is 0.432 e. The van der Waals surface area contributed by atoms with E-state index in [0.717, 1.165) is 5.57 Å². The molecule has 37 nitrogen and oxygen atoms in total. The van der Waals surface area contributed by atoms with Crippen LogP contribution in [-0.2, 0) is 75.9 Å². The molecule has 12 aliphatic rings. The number of hydrogen-bond donors (Lipinski definition) is 21. The van der Waals surface area contributed by atoms with Gasteiger partial charge in [0, 0.05) is 12.3 Å². The molecule has 33 unspecified atom stereocenters. The van der Waals surface area contributed by atoms with E-state index in [-0.39, 0.29) is 18.3 Å². The van der Waals surface area contributed by atoms with E-state index in [9.17, 15) is 107 Å². The van der Waals surface area contributed by atoms with Crippen LogP contribution < -0.4 is 5.32 Å². The Morgan fingerprint density at radius 1 is 0.514 bits per heavy atom. The first-order valence-electron chi connectivity index (χ1n) is 37.1. The number of allylic oxidation sites excluding steroid dienone is 1. The smallest absolute Gasteiger partial charge is 0.317 e. The molecule has 0 bridgehead atoms. The number of nitrogens with one attached hydrogen (secondary N) is 1. The van der Waals surface area contributed by atoms with Crippen LogP contribution in [0.2, 0.25) is 0 Å². The highest BCUT2D eigenvalue weighted by Gasteiger charge is 2.75. The van der Waals surface area contributed by atoms with E-state index in [1.807, 2.05) is 34.6 Å². The van der Waals surface area contributed by atoms with Gasteiger partial charge in [-0.1, -0.05) is 60.1 Å². The van der Waals surface area contributed by atoms with Crippen LogP contribution in [0, 0.1) is 50.2 Å². The number of carbonyl (C=O) groups excluding carboxylic acids is 2. The van der Waals surface area contributed by atoms with Crippen LogP contribution in [-0.4, -0.2) is 369 Å². The third kappa shape index (κ3) is 14.5. The molecular formula is C70H113NO36. The zero-order chi connectivity index (χ0) is 78.1. The van der Waals surface area contributed by atoms with Gasteiger partial charge in [-0.2, -0.15) is 0 Å². The van der Waals surface area contributed by atoms with Gasteiger partial charge >= 0.3 is 5.97 Å². The second kappa shape index (κ2) is 31.5. The summed E-state index contributed by atoms with van der Waals surface area (Å²) < 4.78 is 83.7. The summed E-state index contributed by atoms with van der Waals surface area (Å²) in [5.41, 5.74) is -7.22. The summed E-state index contributed by atoms with van der Waals surface area (Å²) in [6.07, 6.45) is -48.6. The number of amides is 1. The predicted octanol–water partition coefficient (Wildman–Crippen LogP) is -7.92. The molecular weight excluding hydrogens is 1430 g/mol. The quantitative estimate of drug-likeness (QED) is 0.0324. The van der Waals surface area contributed by atoms with Crippen LogP contribution in [0.25, 0.3) is 0 Å². The van der Waals surface area contributed by atoms with E-state index >= 15 is 4.79 Å². The minimum absolute atomic E-state index is 0.0242. The zero-order valence-electron chi connectivity index (χ0n) is 61.1. The molecule has 21 N–H and O–H groups in total. The highest BCUT2D eigenvalue weighted by molar-refractivity contribution is 5.80. The van der Waals surface area contributed by atoms with Crippen molar-refractivity contribution in [3.63, 3.8) is 0 Å². The van der Waals surface area contributed by atoms with Crippen molar-refractivity contribution < 1.29 is 178 Å². The van der Waals surface area contributed by atoms with Crippen molar-refractivity contribution in [3.05, 3.63) is 11.6 Å². The molecule has 0 aromatic rings. The van der Waals surface area contributed by atoms with E-state index in [2.05, 4.69) is 25.2 Å². The Bertz CT molecular complexity index is 3110. The van der Waals surface area contributed by atoms with Crippen molar-refractivity contribution >= 4 is 11.9 Å². The maximum Gasteiger partial charge on any atom is 0.317 e. The average molecular weight is 1540 g/mol. The van der Waals surface area contributed by atoms with Crippen LogP contribution in [0.3, 0.4) is 0 Å². The minimum Gasteiger partial charge on any atom is -0.432 e. The van der Waals surface area contributed by atoms with Crippen molar-refractivity contribution in [1.29, 1.82) is 0 Å². The fraction of sp³-hybridized carbons (Fsp3) is 0.943. The number of fused-ring (bicyclic) bond motifs is 7.